The van der Waals surface area contributed by atoms with Gasteiger partial charge in [0.2, 0.25) is 5.88 Å². The van der Waals surface area contributed by atoms with Crippen molar-refractivity contribution in [2.75, 3.05) is 0 Å². The lowest BCUT2D eigenvalue weighted by atomic mass is 10.2. The van der Waals surface area contributed by atoms with Gasteiger partial charge in [-0.15, -0.1) is 10.2 Å². The minimum absolute atomic E-state index is 0.0596. The molecule has 0 aliphatic carbocycles. The summed E-state index contributed by atoms with van der Waals surface area (Å²) in [6.07, 6.45) is 0. The molecular weight excluding hydrogens is 372 g/mol. The summed E-state index contributed by atoms with van der Waals surface area (Å²) < 4.78 is 26.7. The average molecular weight is 380 g/mol. The quantitative estimate of drug-likeness (QED) is 0.625. The first kappa shape index (κ1) is 15.3. The summed E-state index contributed by atoms with van der Waals surface area (Å²) in [6.45, 7) is 0. The summed E-state index contributed by atoms with van der Waals surface area (Å²) in [6, 6.07) is 7.16. The molecule has 2 N–H and O–H groups in total. The van der Waals surface area contributed by atoms with E-state index >= 15 is 0 Å². The molecule has 8 heteroatoms. The number of H-pyrrole nitrogens is 1. The van der Waals surface area contributed by atoms with Crippen molar-refractivity contribution in [3.63, 3.8) is 0 Å². The van der Waals surface area contributed by atoms with Crippen molar-refractivity contribution < 1.29 is 18.7 Å². The number of rotatable bonds is 2. The first-order chi connectivity index (χ1) is 11.0. The average Bonchev–Trinajstić information content (AvgIpc) is 2.82. The molecule has 116 valence electrons. The van der Waals surface area contributed by atoms with Crippen molar-refractivity contribution in [3.05, 3.63) is 58.1 Å². The number of amides is 1. The molecule has 23 heavy (non-hydrogen) atoms. The number of azo groups is 1. The van der Waals surface area contributed by atoms with Crippen molar-refractivity contribution in [2.45, 2.75) is 0 Å². The number of carbonyl (C=O) groups is 1. The van der Waals surface area contributed by atoms with Crippen LogP contribution >= 0.6 is 15.9 Å². The van der Waals surface area contributed by atoms with E-state index in [2.05, 4.69) is 31.1 Å². The molecule has 1 aromatic heterocycles. The zero-order valence-corrected chi connectivity index (χ0v) is 12.9. The Bertz CT molecular complexity index is 936. The van der Waals surface area contributed by atoms with E-state index in [0.717, 1.165) is 18.2 Å². The van der Waals surface area contributed by atoms with Crippen LogP contribution in [0.4, 0.5) is 14.5 Å². The lowest BCUT2D eigenvalue weighted by Crippen LogP contribution is -1.93. The van der Waals surface area contributed by atoms with Gasteiger partial charge in [0.15, 0.2) is 5.69 Å². The van der Waals surface area contributed by atoms with Crippen molar-refractivity contribution >= 4 is 38.4 Å². The van der Waals surface area contributed by atoms with Gasteiger partial charge < -0.3 is 10.1 Å². The zero-order chi connectivity index (χ0) is 16.6. The monoisotopic (exact) mass is 379 g/mol. The smallest absolute Gasteiger partial charge is 0.295 e. The Balaban J connectivity index is 1.99. The lowest BCUT2D eigenvalue weighted by Gasteiger charge is -1.96. The number of hydrogen-bond acceptors (Lipinski definition) is 3. The van der Waals surface area contributed by atoms with Gasteiger partial charge in [-0.25, -0.2) is 8.78 Å². The summed E-state index contributed by atoms with van der Waals surface area (Å²) in [5.41, 5.74) is 0.504. The molecule has 3 aromatic rings. The first-order valence-corrected chi connectivity index (χ1v) is 7.16. The highest BCUT2D eigenvalue weighted by molar-refractivity contribution is 9.10. The van der Waals surface area contributed by atoms with Crippen LogP contribution in [-0.2, 0) is 0 Å². The largest absolute Gasteiger partial charge is 0.493 e. The van der Waals surface area contributed by atoms with Crippen LogP contribution in [0.25, 0.3) is 10.9 Å². The molecule has 0 bridgehead atoms. The molecule has 3 rings (SSSR count). The van der Waals surface area contributed by atoms with Crippen LogP contribution in [0.3, 0.4) is 0 Å². The van der Waals surface area contributed by atoms with Gasteiger partial charge in [0.05, 0.1) is 5.52 Å². The van der Waals surface area contributed by atoms with Gasteiger partial charge >= 0.3 is 0 Å². The van der Waals surface area contributed by atoms with Gasteiger partial charge in [-0.1, -0.05) is 0 Å². The van der Waals surface area contributed by atoms with Crippen LogP contribution in [-0.4, -0.2) is 16.0 Å². The summed E-state index contributed by atoms with van der Waals surface area (Å²) in [5, 5.41) is 17.3. The number of halogens is 3. The van der Waals surface area contributed by atoms with Gasteiger partial charge in [-0.05, 0) is 52.3 Å². The maximum atomic E-state index is 13.5. The topological polar surface area (TPSA) is 77.8 Å². The molecule has 5 nitrogen and oxygen atoms in total. The van der Waals surface area contributed by atoms with Crippen molar-refractivity contribution in [3.8, 4) is 5.88 Å². The van der Waals surface area contributed by atoms with E-state index in [1.807, 2.05) is 0 Å². The highest BCUT2D eigenvalue weighted by Gasteiger charge is 2.15. The molecule has 0 saturated heterocycles. The van der Waals surface area contributed by atoms with Crippen molar-refractivity contribution in [1.82, 2.24) is 4.98 Å². The number of fused-ring (bicyclic) bond motifs is 1. The number of nitrogens with zero attached hydrogens (tertiary/aromatic N) is 2. The maximum absolute atomic E-state index is 13.5. The third-order valence-electron chi connectivity index (χ3n) is 3.11. The molecular formula is C15H8BrF2N3O2. The van der Waals surface area contributed by atoms with Gasteiger partial charge in [0.25, 0.3) is 5.91 Å². The van der Waals surface area contributed by atoms with E-state index in [1.54, 1.807) is 0 Å². The Morgan fingerprint density at radius 3 is 2.52 bits per heavy atom. The lowest BCUT2D eigenvalue weighted by molar-refractivity contribution is 0.0995. The number of carbonyl (C=O) groups excluding carboxylic acids is 1. The van der Waals surface area contributed by atoms with Crippen LogP contribution in [0.1, 0.15) is 10.4 Å². The third-order valence-corrected chi connectivity index (χ3v) is 3.74. The summed E-state index contributed by atoms with van der Waals surface area (Å²) in [5.74, 6) is -2.08. The van der Waals surface area contributed by atoms with Gasteiger partial charge in [-0.2, -0.15) is 0 Å². The number of aromatic amines is 1. The van der Waals surface area contributed by atoms with Crippen molar-refractivity contribution in [2.24, 2.45) is 10.2 Å². The fraction of sp³-hybridized carbons (Fsp3) is 0. The summed E-state index contributed by atoms with van der Waals surface area (Å²) in [4.78, 5) is 14.5. The highest BCUT2D eigenvalue weighted by atomic mass is 79.9. The normalized spacial score (nSPS) is 11.4. The molecule has 0 aliphatic heterocycles. The van der Waals surface area contributed by atoms with Crippen LogP contribution in [0.2, 0.25) is 0 Å². The summed E-state index contributed by atoms with van der Waals surface area (Å²) in [7, 11) is 0. The molecule has 0 radical (unpaired) electrons. The molecule has 0 atom stereocenters. The van der Waals surface area contributed by atoms with Gasteiger partial charge in [0, 0.05) is 15.4 Å². The second-order valence-electron chi connectivity index (χ2n) is 4.64. The number of aromatic nitrogens is 1. The van der Waals surface area contributed by atoms with E-state index in [9.17, 15) is 18.7 Å². The second-order valence-corrected chi connectivity index (χ2v) is 5.50. The number of nitrogens with one attached hydrogen (secondary N) is 1. The number of aromatic hydroxyl groups is 1. The number of benzene rings is 2. The standard InChI is InChI=1S/C15H8BrF2N3O2/c16-11-6-9(18)5-10-12(11)19-15(23)13(10)20-21-14(22)7-1-3-8(17)4-2-7/h1-6,19,23H. The highest BCUT2D eigenvalue weighted by Crippen LogP contribution is 2.39. The fourth-order valence-electron chi connectivity index (χ4n) is 2.04. The Hall–Kier alpha value is -2.61. The van der Waals surface area contributed by atoms with E-state index < -0.39 is 17.5 Å². The van der Waals surface area contributed by atoms with Gasteiger partial charge in [-0.3, -0.25) is 4.79 Å². The van der Waals surface area contributed by atoms with Crippen LogP contribution in [0.5, 0.6) is 5.88 Å². The second kappa shape index (κ2) is 5.88. The minimum atomic E-state index is -0.714. The Kier molecular flexibility index (Phi) is 3.91. The molecule has 0 unspecified atom stereocenters. The molecule has 2 aromatic carbocycles. The van der Waals surface area contributed by atoms with Crippen LogP contribution in [0, 0.1) is 11.6 Å². The summed E-state index contributed by atoms with van der Waals surface area (Å²) >= 11 is 3.16. The molecule has 0 fully saturated rings. The van der Waals surface area contributed by atoms with E-state index in [0.29, 0.717) is 9.99 Å². The third kappa shape index (κ3) is 2.98. The van der Waals surface area contributed by atoms with Crippen LogP contribution in [0.15, 0.2) is 51.1 Å². The molecule has 1 amide bonds. The minimum Gasteiger partial charge on any atom is -0.493 e. The van der Waals surface area contributed by atoms with E-state index in [-0.39, 0.29) is 22.5 Å². The molecule has 0 saturated carbocycles. The van der Waals surface area contributed by atoms with E-state index in [1.165, 1.54) is 18.2 Å². The predicted molar refractivity (Wildman–Crippen MR) is 82.9 cm³/mol. The molecule has 1 heterocycles. The van der Waals surface area contributed by atoms with E-state index in [4.69, 9.17) is 0 Å². The number of hydrogen-bond donors (Lipinski definition) is 2. The van der Waals surface area contributed by atoms with Crippen molar-refractivity contribution in [1.29, 1.82) is 0 Å². The zero-order valence-electron chi connectivity index (χ0n) is 11.3. The SMILES string of the molecule is O=C(N=Nc1c(O)[nH]c2c(Br)cc(F)cc12)c1ccc(F)cc1. The van der Waals surface area contributed by atoms with Crippen LogP contribution < -0.4 is 0 Å². The Morgan fingerprint density at radius 2 is 1.83 bits per heavy atom. The van der Waals surface area contributed by atoms with Gasteiger partial charge in [0.1, 0.15) is 11.6 Å². The fourth-order valence-corrected chi connectivity index (χ4v) is 2.57. The molecule has 0 spiro atoms. The Morgan fingerprint density at radius 1 is 1.13 bits per heavy atom. The Labute approximate surface area is 136 Å². The molecule has 0 aliphatic rings. The maximum Gasteiger partial charge on any atom is 0.295 e. The predicted octanol–water partition coefficient (Wildman–Crippen LogP) is 4.84. The first-order valence-electron chi connectivity index (χ1n) is 6.37.